The summed E-state index contributed by atoms with van der Waals surface area (Å²) in [5, 5.41) is 2.99. The van der Waals surface area contributed by atoms with Crippen molar-refractivity contribution in [2.45, 2.75) is 0 Å². The van der Waals surface area contributed by atoms with Gasteiger partial charge in [0.25, 0.3) is 0 Å². The molecule has 0 bridgehead atoms. The molecule has 1 rings (SSSR count). The van der Waals surface area contributed by atoms with Gasteiger partial charge in [-0.25, -0.2) is 9.59 Å². The maximum absolute atomic E-state index is 11.1. The molecule has 0 radical (unpaired) electrons. The molecule has 0 saturated carbocycles. The average Bonchev–Trinajstić information content (AvgIpc) is 2.38. The van der Waals surface area contributed by atoms with E-state index < -0.39 is 12.1 Å². The van der Waals surface area contributed by atoms with Crippen LogP contribution < -0.4 is 5.32 Å². The van der Waals surface area contributed by atoms with E-state index >= 15 is 0 Å². The van der Waals surface area contributed by atoms with Crippen LogP contribution in [0.5, 0.6) is 0 Å². The van der Waals surface area contributed by atoms with E-state index in [1.165, 1.54) is 26.4 Å². The molecule has 0 unspecified atom stereocenters. The number of carbonyl (C=O) groups is 2. The molecular weight excluding hydrogens is 258 g/mol. The van der Waals surface area contributed by atoms with Crippen LogP contribution >= 0.6 is 11.6 Å². The molecule has 0 heterocycles. The maximum atomic E-state index is 11.1. The van der Waals surface area contributed by atoms with E-state index in [0.29, 0.717) is 16.3 Å². The molecule has 0 fully saturated rings. The predicted molar refractivity (Wildman–Crippen MR) is 68.5 cm³/mol. The highest BCUT2D eigenvalue weighted by molar-refractivity contribution is 6.30. The van der Waals surface area contributed by atoms with Gasteiger partial charge in [0.15, 0.2) is 0 Å². The van der Waals surface area contributed by atoms with Crippen LogP contribution in [0.15, 0.2) is 24.3 Å². The van der Waals surface area contributed by atoms with Crippen molar-refractivity contribution in [1.29, 1.82) is 0 Å². The first kappa shape index (κ1) is 14.1. The number of hydrogen-bond acceptors (Lipinski definition) is 4. The van der Waals surface area contributed by atoms with Crippen molar-refractivity contribution in [1.82, 2.24) is 0 Å². The van der Waals surface area contributed by atoms with E-state index in [4.69, 9.17) is 11.6 Å². The van der Waals surface area contributed by atoms with Gasteiger partial charge in [-0.05, 0) is 29.8 Å². The van der Waals surface area contributed by atoms with Crippen molar-refractivity contribution < 1.29 is 19.1 Å². The van der Waals surface area contributed by atoms with E-state index in [0.717, 1.165) is 0 Å². The minimum absolute atomic E-state index is 0.478. The number of methoxy groups -OCH3 is 2. The Morgan fingerprint density at radius 2 is 2.00 bits per heavy atom. The zero-order valence-electron chi connectivity index (χ0n) is 9.90. The molecule has 5 nitrogen and oxygen atoms in total. The lowest BCUT2D eigenvalue weighted by Crippen LogP contribution is -2.11. The van der Waals surface area contributed by atoms with Crippen molar-refractivity contribution in [3.8, 4) is 0 Å². The molecule has 0 aromatic heterocycles. The molecule has 1 aromatic carbocycles. The molecule has 1 aromatic rings. The molecule has 0 aliphatic carbocycles. The molecule has 0 aliphatic heterocycles. The molecule has 1 amide bonds. The highest BCUT2D eigenvalue weighted by atomic mass is 35.5. The average molecular weight is 270 g/mol. The summed E-state index contributed by atoms with van der Waals surface area (Å²) in [5.74, 6) is -0.501. The van der Waals surface area contributed by atoms with Gasteiger partial charge in [-0.15, -0.1) is 0 Å². The van der Waals surface area contributed by atoms with E-state index in [9.17, 15) is 9.59 Å². The zero-order valence-corrected chi connectivity index (χ0v) is 10.7. The monoisotopic (exact) mass is 269 g/mol. The van der Waals surface area contributed by atoms with Gasteiger partial charge in [-0.2, -0.15) is 0 Å². The number of anilines is 1. The number of amides is 1. The van der Waals surface area contributed by atoms with Crippen molar-refractivity contribution in [3.63, 3.8) is 0 Å². The maximum Gasteiger partial charge on any atom is 0.411 e. The summed E-state index contributed by atoms with van der Waals surface area (Å²) in [6.45, 7) is 0. The van der Waals surface area contributed by atoms with Gasteiger partial charge in [-0.1, -0.05) is 11.6 Å². The second-order valence-corrected chi connectivity index (χ2v) is 3.64. The first-order chi connectivity index (χ1) is 8.56. The van der Waals surface area contributed by atoms with E-state index in [2.05, 4.69) is 14.8 Å². The minimum Gasteiger partial charge on any atom is -0.466 e. The van der Waals surface area contributed by atoms with Crippen molar-refractivity contribution in [3.05, 3.63) is 34.9 Å². The molecule has 6 heteroatoms. The SMILES string of the molecule is COC(=O)/C=C/c1cc(Cl)ccc1NC(=O)OC. The third-order valence-corrected chi connectivity index (χ3v) is 2.27. The first-order valence-corrected chi connectivity index (χ1v) is 5.35. The number of hydrogen-bond donors (Lipinski definition) is 1. The van der Waals surface area contributed by atoms with Crippen LogP contribution in [0.1, 0.15) is 5.56 Å². The second kappa shape index (κ2) is 6.66. The van der Waals surface area contributed by atoms with E-state index in [1.807, 2.05) is 0 Å². The lowest BCUT2D eigenvalue weighted by molar-refractivity contribution is -0.134. The Kier molecular flexibility index (Phi) is 5.20. The Labute approximate surface area is 109 Å². The van der Waals surface area contributed by atoms with Gasteiger partial charge < -0.3 is 9.47 Å². The molecule has 0 spiro atoms. The number of halogens is 1. The highest BCUT2D eigenvalue weighted by Gasteiger charge is 2.06. The Hall–Kier alpha value is -2.01. The van der Waals surface area contributed by atoms with Crippen LogP contribution in [0.3, 0.4) is 0 Å². The van der Waals surface area contributed by atoms with Crippen LogP contribution in [0.25, 0.3) is 6.08 Å². The second-order valence-electron chi connectivity index (χ2n) is 3.20. The predicted octanol–water partition coefficient (Wildman–Crippen LogP) is 2.70. The summed E-state index contributed by atoms with van der Waals surface area (Å²) in [6, 6.07) is 4.82. The molecule has 1 N–H and O–H groups in total. The van der Waals surface area contributed by atoms with Gasteiger partial charge in [-0.3, -0.25) is 5.32 Å². The topological polar surface area (TPSA) is 64.6 Å². The van der Waals surface area contributed by atoms with Crippen LogP contribution in [0.2, 0.25) is 5.02 Å². The van der Waals surface area contributed by atoms with Crippen molar-refractivity contribution >= 4 is 35.4 Å². The third kappa shape index (κ3) is 4.10. The number of benzene rings is 1. The zero-order chi connectivity index (χ0) is 13.5. The first-order valence-electron chi connectivity index (χ1n) is 4.97. The number of esters is 1. The normalized spacial score (nSPS) is 10.2. The number of rotatable bonds is 3. The highest BCUT2D eigenvalue weighted by Crippen LogP contribution is 2.22. The number of nitrogens with one attached hydrogen (secondary N) is 1. The molecule has 96 valence electrons. The van der Waals surface area contributed by atoms with Gasteiger partial charge in [0.2, 0.25) is 0 Å². The fourth-order valence-electron chi connectivity index (χ4n) is 1.17. The summed E-state index contributed by atoms with van der Waals surface area (Å²) in [7, 11) is 2.54. The van der Waals surface area contributed by atoms with Crippen molar-refractivity contribution in [2.75, 3.05) is 19.5 Å². The van der Waals surface area contributed by atoms with Crippen LogP contribution in [-0.2, 0) is 14.3 Å². The number of carbonyl (C=O) groups excluding carboxylic acids is 2. The molecular formula is C12H12ClNO4. The number of ether oxygens (including phenoxy) is 2. The third-order valence-electron chi connectivity index (χ3n) is 2.04. The van der Waals surface area contributed by atoms with Crippen LogP contribution in [0, 0.1) is 0 Å². The summed E-state index contributed by atoms with van der Waals surface area (Å²) in [4.78, 5) is 22.1. The fourth-order valence-corrected chi connectivity index (χ4v) is 1.35. The summed E-state index contributed by atoms with van der Waals surface area (Å²) in [5.41, 5.74) is 1.05. The Morgan fingerprint density at radius 3 is 2.61 bits per heavy atom. The van der Waals surface area contributed by atoms with Gasteiger partial charge >= 0.3 is 12.1 Å². The van der Waals surface area contributed by atoms with Crippen molar-refractivity contribution in [2.24, 2.45) is 0 Å². The molecule has 0 atom stereocenters. The van der Waals surface area contributed by atoms with Gasteiger partial charge in [0.1, 0.15) is 0 Å². The minimum atomic E-state index is -0.606. The Balaban J connectivity index is 3.00. The fraction of sp³-hybridized carbons (Fsp3) is 0.167. The largest absolute Gasteiger partial charge is 0.466 e. The van der Waals surface area contributed by atoms with Gasteiger partial charge in [0.05, 0.1) is 19.9 Å². The standard InChI is InChI=1S/C12H12ClNO4/c1-17-11(15)6-3-8-7-9(13)4-5-10(8)14-12(16)18-2/h3-7H,1-2H3,(H,14,16)/b6-3+. The summed E-state index contributed by atoms with van der Waals surface area (Å²) in [6.07, 6.45) is 2.11. The van der Waals surface area contributed by atoms with Crippen LogP contribution in [0.4, 0.5) is 10.5 Å². The summed E-state index contributed by atoms with van der Waals surface area (Å²) >= 11 is 5.84. The van der Waals surface area contributed by atoms with E-state index in [1.54, 1.807) is 18.2 Å². The Bertz CT molecular complexity index is 485. The molecule has 0 aliphatic rings. The smallest absolute Gasteiger partial charge is 0.411 e. The molecule has 18 heavy (non-hydrogen) atoms. The lowest BCUT2D eigenvalue weighted by Gasteiger charge is -2.07. The molecule has 0 saturated heterocycles. The van der Waals surface area contributed by atoms with Gasteiger partial charge in [0, 0.05) is 11.1 Å². The Morgan fingerprint density at radius 1 is 1.28 bits per heavy atom. The van der Waals surface area contributed by atoms with E-state index in [-0.39, 0.29) is 0 Å². The van der Waals surface area contributed by atoms with Crippen LogP contribution in [-0.4, -0.2) is 26.3 Å². The summed E-state index contributed by atoms with van der Waals surface area (Å²) < 4.78 is 8.96. The quantitative estimate of drug-likeness (QED) is 0.677. The lowest BCUT2D eigenvalue weighted by atomic mass is 10.1.